The zero-order chi connectivity index (χ0) is 22.1. The van der Waals surface area contributed by atoms with E-state index in [-0.39, 0.29) is 6.10 Å². The maximum atomic E-state index is 8.96. The molecule has 0 aliphatic heterocycles. The van der Waals surface area contributed by atoms with Crippen molar-refractivity contribution in [3.05, 3.63) is 54.5 Å². The minimum Gasteiger partial charge on any atom is -0.490 e. The number of nitrogens with one attached hydrogen (secondary N) is 1. The molecule has 1 fully saturated rings. The highest BCUT2D eigenvalue weighted by molar-refractivity contribution is 5.93. The second-order valence-electron chi connectivity index (χ2n) is 8.22. The number of aryl methyl sites for hydroxylation is 1. The monoisotopic (exact) mass is 427 g/mol. The van der Waals surface area contributed by atoms with Crippen LogP contribution in [0.4, 0.5) is 5.82 Å². The van der Waals surface area contributed by atoms with Gasteiger partial charge >= 0.3 is 0 Å². The van der Waals surface area contributed by atoms with Crippen molar-refractivity contribution in [3.8, 4) is 23.1 Å². The molecule has 5 rings (SSSR count). The zero-order valence-corrected chi connectivity index (χ0v) is 18.2. The van der Waals surface area contributed by atoms with Gasteiger partial charge in [0.15, 0.2) is 0 Å². The molecule has 0 spiro atoms. The first kappa shape index (κ1) is 20.1. The Labute approximate surface area is 186 Å². The van der Waals surface area contributed by atoms with Crippen molar-refractivity contribution in [3.63, 3.8) is 0 Å². The summed E-state index contributed by atoms with van der Waals surface area (Å²) >= 11 is 0. The molecule has 3 heterocycles. The molecule has 3 aromatic heterocycles. The molecule has 1 saturated carbocycles. The van der Waals surface area contributed by atoms with Crippen LogP contribution in [0.15, 0.2) is 48.9 Å². The summed E-state index contributed by atoms with van der Waals surface area (Å²) in [5, 5.41) is 22.5. The Bertz CT molecular complexity index is 1270. The van der Waals surface area contributed by atoms with Gasteiger partial charge in [-0.1, -0.05) is 0 Å². The number of hydrogen-bond donors (Lipinski definition) is 1. The van der Waals surface area contributed by atoms with Crippen LogP contribution >= 0.6 is 0 Å². The Balaban J connectivity index is 1.38. The van der Waals surface area contributed by atoms with Gasteiger partial charge in [0.2, 0.25) is 0 Å². The molecule has 0 unspecified atom stereocenters. The fourth-order valence-corrected chi connectivity index (χ4v) is 4.41. The van der Waals surface area contributed by atoms with E-state index in [4.69, 9.17) is 15.1 Å². The van der Waals surface area contributed by atoms with Crippen molar-refractivity contribution < 1.29 is 4.74 Å². The van der Waals surface area contributed by atoms with E-state index in [1.165, 1.54) is 0 Å². The molecule has 8 heteroatoms. The number of aromatic nitrogens is 5. The van der Waals surface area contributed by atoms with E-state index in [0.29, 0.717) is 11.6 Å². The van der Waals surface area contributed by atoms with Gasteiger partial charge in [0.05, 0.1) is 35.5 Å². The Morgan fingerprint density at radius 3 is 2.56 bits per heavy atom. The molecular formula is C24H25N7O. The standard InChI is InChI=1S/C24H25N7O/c1-26-23-11-22-21(14-27-23)24(17-13-28-30(2)15-17)29-31(22)18-5-9-20(10-6-18)32-19-7-3-16(12-25)4-8-19/h3-4,7-8,11,13-15,18,20H,5-6,9-10H2,1-2H3,(H,26,27)/t18-,20+. The first-order valence-corrected chi connectivity index (χ1v) is 10.9. The van der Waals surface area contributed by atoms with Crippen molar-refractivity contribution in [1.82, 2.24) is 24.5 Å². The number of hydrogen-bond acceptors (Lipinski definition) is 6. The van der Waals surface area contributed by atoms with Crippen LogP contribution in [0.25, 0.3) is 22.2 Å². The predicted molar refractivity (Wildman–Crippen MR) is 122 cm³/mol. The van der Waals surface area contributed by atoms with E-state index in [9.17, 15) is 0 Å². The number of ether oxygens (including phenoxy) is 1. The van der Waals surface area contributed by atoms with E-state index in [1.807, 2.05) is 44.8 Å². The van der Waals surface area contributed by atoms with Gasteiger partial charge in [-0.3, -0.25) is 9.36 Å². The summed E-state index contributed by atoms with van der Waals surface area (Å²) in [6.07, 6.45) is 9.79. The number of pyridine rings is 1. The molecule has 162 valence electrons. The van der Waals surface area contributed by atoms with Crippen LogP contribution in [0.3, 0.4) is 0 Å². The van der Waals surface area contributed by atoms with Gasteiger partial charge < -0.3 is 10.1 Å². The van der Waals surface area contributed by atoms with Crippen molar-refractivity contribution in [1.29, 1.82) is 5.26 Å². The third kappa shape index (κ3) is 3.78. The van der Waals surface area contributed by atoms with E-state index in [0.717, 1.165) is 59.4 Å². The lowest BCUT2D eigenvalue weighted by atomic mass is 9.93. The average molecular weight is 428 g/mol. The highest BCUT2D eigenvalue weighted by Gasteiger charge is 2.27. The fraction of sp³-hybridized carbons (Fsp3) is 0.333. The number of benzene rings is 1. The SMILES string of the molecule is CNc1cc2c(cn1)c(-c1cnn(C)c1)nn2[C@H]1CC[C@@H](Oc2ccc(C#N)cc2)CC1. The lowest BCUT2D eigenvalue weighted by Gasteiger charge is -2.29. The van der Waals surface area contributed by atoms with Gasteiger partial charge in [-0.25, -0.2) is 4.98 Å². The fourth-order valence-electron chi connectivity index (χ4n) is 4.41. The third-order valence-electron chi connectivity index (χ3n) is 6.10. The van der Waals surface area contributed by atoms with E-state index in [2.05, 4.69) is 32.2 Å². The third-order valence-corrected chi connectivity index (χ3v) is 6.10. The van der Waals surface area contributed by atoms with Gasteiger partial charge in [-0.05, 0) is 49.9 Å². The summed E-state index contributed by atoms with van der Waals surface area (Å²) in [5.74, 6) is 1.65. The summed E-state index contributed by atoms with van der Waals surface area (Å²) in [6.45, 7) is 0. The molecule has 0 bridgehead atoms. The molecule has 1 N–H and O–H groups in total. The molecule has 0 radical (unpaired) electrons. The van der Waals surface area contributed by atoms with Crippen LogP contribution in [0.5, 0.6) is 5.75 Å². The number of anilines is 1. The molecule has 0 saturated heterocycles. The minimum absolute atomic E-state index is 0.174. The summed E-state index contributed by atoms with van der Waals surface area (Å²) in [7, 11) is 3.79. The highest BCUT2D eigenvalue weighted by atomic mass is 16.5. The first-order valence-electron chi connectivity index (χ1n) is 10.9. The molecule has 32 heavy (non-hydrogen) atoms. The van der Waals surface area contributed by atoms with Crippen molar-refractivity contribution in [2.45, 2.75) is 37.8 Å². The predicted octanol–water partition coefficient (Wildman–Crippen LogP) is 4.31. The smallest absolute Gasteiger partial charge is 0.127 e. The van der Waals surface area contributed by atoms with E-state index in [1.54, 1.807) is 16.8 Å². The second-order valence-corrected chi connectivity index (χ2v) is 8.22. The maximum absolute atomic E-state index is 8.96. The lowest BCUT2D eigenvalue weighted by molar-refractivity contribution is 0.131. The average Bonchev–Trinajstić information content (AvgIpc) is 3.43. The van der Waals surface area contributed by atoms with Crippen LogP contribution in [0, 0.1) is 11.3 Å². The van der Waals surface area contributed by atoms with Gasteiger partial charge in [0, 0.05) is 43.5 Å². The Morgan fingerprint density at radius 2 is 1.91 bits per heavy atom. The number of nitriles is 1. The van der Waals surface area contributed by atoms with Crippen LogP contribution in [-0.2, 0) is 7.05 Å². The molecule has 0 atom stereocenters. The molecule has 1 aliphatic carbocycles. The van der Waals surface area contributed by atoms with E-state index < -0.39 is 0 Å². The van der Waals surface area contributed by atoms with Gasteiger partial charge in [-0.2, -0.15) is 15.5 Å². The van der Waals surface area contributed by atoms with Gasteiger partial charge in [0.25, 0.3) is 0 Å². The summed E-state index contributed by atoms with van der Waals surface area (Å²) in [6, 6.07) is 11.9. The largest absolute Gasteiger partial charge is 0.490 e. The molecule has 0 amide bonds. The molecule has 8 nitrogen and oxygen atoms in total. The molecule has 4 aromatic rings. The van der Waals surface area contributed by atoms with Gasteiger partial charge in [0.1, 0.15) is 17.3 Å². The topological polar surface area (TPSA) is 93.6 Å². The Morgan fingerprint density at radius 1 is 1.12 bits per heavy atom. The van der Waals surface area contributed by atoms with Crippen LogP contribution in [0.2, 0.25) is 0 Å². The molecule has 1 aromatic carbocycles. The van der Waals surface area contributed by atoms with Crippen molar-refractivity contribution in [2.24, 2.45) is 7.05 Å². The zero-order valence-electron chi connectivity index (χ0n) is 18.2. The minimum atomic E-state index is 0.174. The van der Waals surface area contributed by atoms with Crippen LogP contribution < -0.4 is 10.1 Å². The highest BCUT2D eigenvalue weighted by Crippen LogP contribution is 2.36. The van der Waals surface area contributed by atoms with Crippen LogP contribution in [0.1, 0.15) is 37.3 Å². The molecule has 1 aliphatic rings. The maximum Gasteiger partial charge on any atom is 0.127 e. The van der Waals surface area contributed by atoms with Crippen LogP contribution in [-0.4, -0.2) is 37.7 Å². The normalized spacial score (nSPS) is 18.4. The van der Waals surface area contributed by atoms with Crippen molar-refractivity contribution in [2.75, 3.05) is 12.4 Å². The van der Waals surface area contributed by atoms with E-state index >= 15 is 0 Å². The van der Waals surface area contributed by atoms with Crippen molar-refractivity contribution >= 4 is 16.7 Å². The quantitative estimate of drug-likeness (QED) is 0.510. The summed E-state index contributed by atoms with van der Waals surface area (Å²) in [4.78, 5) is 4.52. The number of nitrogens with zero attached hydrogens (tertiary/aromatic N) is 6. The molecular weight excluding hydrogens is 402 g/mol. The Kier molecular flexibility index (Phi) is 5.23. The number of fused-ring (bicyclic) bond motifs is 1. The second kappa shape index (κ2) is 8.35. The summed E-state index contributed by atoms with van der Waals surface area (Å²) in [5.41, 5.74) is 3.64. The first-order chi connectivity index (χ1) is 15.6. The Hall–Kier alpha value is -3.86. The lowest BCUT2D eigenvalue weighted by Crippen LogP contribution is -2.26. The number of rotatable bonds is 5. The summed E-state index contributed by atoms with van der Waals surface area (Å²) < 4.78 is 10.1. The van der Waals surface area contributed by atoms with Gasteiger partial charge in [-0.15, -0.1) is 0 Å².